The van der Waals surface area contributed by atoms with E-state index >= 15 is 0 Å². The molecule has 0 aliphatic heterocycles. The number of aromatic nitrogens is 3. The van der Waals surface area contributed by atoms with Crippen molar-refractivity contribution >= 4 is 11.3 Å². The van der Waals surface area contributed by atoms with Crippen molar-refractivity contribution in [2.75, 3.05) is 0 Å². The van der Waals surface area contributed by atoms with Crippen molar-refractivity contribution in [3.63, 3.8) is 0 Å². The normalized spacial score (nSPS) is 14.2. The van der Waals surface area contributed by atoms with E-state index in [0.717, 1.165) is 11.4 Å². The zero-order valence-corrected chi connectivity index (χ0v) is 12.7. The summed E-state index contributed by atoms with van der Waals surface area (Å²) in [6.45, 7) is 4.73. The van der Waals surface area contributed by atoms with E-state index in [1.54, 1.807) is 29.7 Å². The Morgan fingerprint density at radius 1 is 1.43 bits per heavy atom. The first-order chi connectivity index (χ1) is 10.2. The van der Waals surface area contributed by atoms with Gasteiger partial charge in [-0.1, -0.05) is 12.1 Å². The van der Waals surface area contributed by atoms with Gasteiger partial charge in [0, 0.05) is 11.6 Å². The Kier molecular flexibility index (Phi) is 3.85. The molecule has 0 bridgehead atoms. The highest BCUT2D eigenvalue weighted by Gasteiger charge is 2.27. The van der Waals surface area contributed by atoms with Crippen LogP contribution < -0.4 is 5.32 Å². The molecule has 1 unspecified atom stereocenters. The van der Waals surface area contributed by atoms with Gasteiger partial charge < -0.3 is 8.94 Å². The third-order valence-corrected chi connectivity index (χ3v) is 4.49. The van der Waals surface area contributed by atoms with Crippen molar-refractivity contribution < 1.29 is 8.94 Å². The predicted molar refractivity (Wildman–Crippen MR) is 78.6 cm³/mol. The van der Waals surface area contributed by atoms with Crippen LogP contribution in [0.1, 0.15) is 31.2 Å². The molecule has 0 aliphatic rings. The average Bonchev–Trinajstić information content (AvgIpc) is 3.26. The minimum Gasteiger partial charge on any atom is -0.461 e. The van der Waals surface area contributed by atoms with E-state index < -0.39 is 0 Å². The number of furan rings is 1. The van der Waals surface area contributed by atoms with Gasteiger partial charge in [-0.25, -0.2) is 4.98 Å². The number of hydrogen-bond acceptors (Lipinski definition) is 7. The molecule has 1 atom stereocenters. The van der Waals surface area contributed by atoms with E-state index in [9.17, 15) is 0 Å². The summed E-state index contributed by atoms with van der Waals surface area (Å²) in [5.41, 5.74) is -0.201. The highest BCUT2D eigenvalue weighted by Crippen LogP contribution is 2.26. The van der Waals surface area contributed by atoms with Gasteiger partial charge in [-0.3, -0.25) is 5.32 Å². The zero-order valence-electron chi connectivity index (χ0n) is 11.9. The predicted octanol–water partition coefficient (Wildman–Crippen LogP) is 3.20. The van der Waals surface area contributed by atoms with E-state index in [0.29, 0.717) is 24.0 Å². The first kappa shape index (κ1) is 14.0. The van der Waals surface area contributed by atoms with Gasteiger partial charge in [-0.15, -0.1) is 11.3 Å². The van der Waals surface area contributed by atoms with Gasteiger partial charge in [-0.05, 0) is 25.5 Å². The van der Waals surface area contributed by atoms with Gasteiger partial charge in [0.1, 0.15) is 5.01 Å². The molecule has 21 heavy (non-hydrogen) atoms. The van der Waals surface area contributed by atoms with Gasteiger partial charge in [-0.2, -0.15) is 4.98 Å². The third-order valence-electron chi connectivity index (χ3n) is 3.45. The lowest BCUT2D eigenvalue weighted by molar-refractivity contribution is 0.305. The molecule has 7 heteroatoms. The molecule has 0 spiro atoms. The Balaban J connectivity index is 1.70. The van der Waals surface area contributed by atoms with Crippen LogP contribution in [0.15, 0.2) is 38.9 Å². The maximum Gasteiger partial charge on any atom is 0.241 e. The minimum atomic E-state index is -0.201. The molecule has 3 rings (SSSR count). The molecule has 0 amide bonds. The molecule has 0 aliphatic carbocycles. The van der Waals surface area contributed by atoms with E-state index in [1.165, 1.54) is 0 Å². The first-order valence-electron chi connectivity index (χ1n) is 6.73. The van der Waals surface area contributed by atoms with Gasteiger partial charge >= 0.3 is 0 Å². The Labute approximate surface area is 126 Å². The highest BCUT2D eigenvalue weighted by atomic mass is 32.1. The van der Waals surface area contributed by atoms with E-state index in [4.69, 9.17) is 8.94 Å². The summed E-state index contributed by atoms with van der Waals surface area (Å²) in [5, 5.41) is 10.4. The molecule has 0 radical (unpaired) electrons. The fourth-order valence-corrected chi connectivity index (χ4v) is 2.80. The molecule has 3 aromatic heterocycles. The molecule has 3 aromatic rings. The molecular weight excluding hydrogens is 288 g/mol. The Morgan fingerprint density at radius 3 is 3.00 bits per heavy atom. The fourth-order valence-electron chi connectivity index (χ4n) is 1.95. The van der Waals surface area contributed by atoms with Crippen molar-refractivity contribution in [3.8, 4) is 11.6 Å². The second kappa shape index (κ2) is 5.79. The van der Waals surface area contributed by atoms with Crippen LogP contribution in [0, 0.1) is 0 Å². The van der Waals surface area contributed by atoms with Crippen LogP contribution in [0.5, 0.6) is 0 Å². The van der Waals surface area contributed by atoms with E-state index in [1.807, 2.05) is 11.6 Å². The molecular formula is C14H16N4O2S. The van der Waals surface area contributed by atoms with Crippen molar-refractivity contribution in [1.29, 1.82) is 0 Å². The van der Waals surface area contributed by atoms with Crippen molar-refractivity contribution in [2.24, 2.45) is 0 Å². The number of hydrogen-bond donors (Lipinski definition) is 1. The number of nitrogens with one attached hydrogen (secondary N) is 1. The molecule has 0 saturated heterocycles. The summed E-state index contributed by atoms with van der Waals surface area (Å²) >= 11 is 1.64. The number of nitrogens with zero attached hydrogens (tertiary/aromatic N) is 3. The van der Waals surface area contributed by atoms with Crippen LogP contribution in [-0.4, -0.2) is 15.1 Å². The minimum absolute atomic E-state index is 0.201. The van der Waals surface area contributed by atoms with Crippen LogP contribution in [-0.2, 0) is 12.1 Å². The number of thiazole rings is 1. The average molecular weight is 304 g/mol. The van der Waals surface area contributed by atoms with Gasteiger partial charge in [0.2, 0.25) is 11.7 Å². The first-order valence-corrected chi connectivity index (χ1v) is 7.61. The van der Waals surface area contributed by atoms with E-state index in [2.05, 4.69) is 34.3 Å². The molecule has 1 N–H and O–H groups in total. The summed E-state index contributed by atoms with van der Waals surface area (Å²) in [6.07, 6.45) is 4.32. The largest absolute Gasteiger partial charge is 0.461 e. The Bertz CT molecular complexity index is 678. The summed E-state index contributed by atoms with van der Waals surface area (Å²) in [4.78, 5) is 8.71. The smallest absolute Gasteiger partial charge is 0.241 e. The number of rotatable bonds is 6. The standard InChI is InChI=1S/C14H16N4O2S/c1-3-14(2,13-15-6-8-21-13)16-9-11-17-12(18-20-11)10-5-4-7-19-10/h4-8,16H,3,9H2,1-2H3. The topological polar surface area (TPSA) is 77.0 Å². The summed E-state index contributed by atoms with van der Waals surface area (Å²) in [5.74, 6) is 1.59. The van der Waals surface area contributed by atoms with Crippen molar-refractivity contribution in [3.05, 3.63) is 40.9 Å². The summed E-state index contributed by atoms with van der Waals surface area (Å²) in [7, 11) is 0. The van der Waals surface area contributed by atoms with Gasteiger partial charge in [0.05, 0.1) is 18.3 Å². The third kappa shape index (κ3) is 2.88. The fraction of sp³-hybridized carbons (Fsp3) is 0.357. The molecule has 110 valence electrons. The van der Waals surface area contributed by atoms with Crippen LogP contribution in [0.4, 0.5) is 0 Å². The molecule has 0 saturated carbocycles. The maximum absolute atomic E-state index is 5.25. The Hall–Kier alpha value is -1.99. The van der Waals surface area contributed by atoms with Gasteiger partial charge in [0.15, 0.2) is 5.76 Å². The summed E-state index contributed by atoms with van der Waals surface area (Å²) < 4.78 is 10.5. The SMILES string of the molecule is CCC(C)(NCc1nc(-c2ccco2)no1)c1nccs1. The van der Waals surface area contributed by atoms with Crippen molar-refractivity contribution in [2.45, 2.75) is 32.4 Å². The molecule has 0 fully saturated rings. The van der Waals surface area contributed by atoms with Crippen LogP contribution in [0.25, 0.3) is 11.6 Å². The van der Waals surface area contributed by atoms with Gasteiger partial charge in [0.25, 0.3) is 0 Å². The molecule has 0 aromatic carbocycles. The highest BCUT2D eigenvalue weighted by molar-refractivity contribution is 7.09. The van der Waals surface area contributed by atoms with Crippen LogP contribution in [0.3, 0.4) is 0 Å². The lowest BCUT2D eigenvalue weighted by Crippen LogP contribution is -2.38. The monoisotopic (exact) mass is 304 g/mol. The van der Waals surface area contributed by atoms with Crippen LogP contribution >= 0.6 is 11.3 Å². The summed E-state index contributed by atoms with van der Waals surface area (Å²) in [6, 6.07) is 3.59. The lowest BCUT2D eigenvalue weighted by Gasteiger charge is -2.26. The maximum atomic E-state index is 5.25. The Morgan fingerprint density at radius 2 is 2.33 bits per heavy atom. The van der Waals surface area contributed by atoms with Crippen LogP contribution in [0.2, 0.25) is 0 Å². The second-order valence-corrected chi connectivity index (χ2v) is 5.76. The zero-order chi connectivity index (χ0) is 14.7. The molecule has 6 nitrogen and oxygen atoms in total. The van der Waals surface area contributed by atoms with Crippen molar-refractivity contribution in [1.82, 2.24) is 20.4 Å². The van der Waals surface area contributed by atoms with E-state index in [-0.39, 0.29) is 5.54 Å². The lowest BCUT2D eigenvalue weighted by atomic mass is 10.00. The second-order valence-electron chi connectivity index (χ2n) is 4.87. The quantitative estimate of drug-likeness (QED) is 0.753. The molecule has 3 heterocycles.